The van der Waals surface area contributed by atoms with Crippen LogP contribution in [0.25, 0.3) is 0 Å². The third kappa shape index (κ3) is 5.00. The van der Waals surface area contributed by atoms with E-state index in [4.69, 9.17) is 10.00 Å². The van der Waals surface area contributed by atoms with Crippen molar-refractivity contribution in [1.82, 2.24) is 5.32 Å². The molecule has 0 fully saturated rings. The molecule has 4 nitrogen and oxygen atoms in total. The second kappa shape index (κ2) is 7.71. The van der Waals surface area contributed by atoms with Gasteiger partial charge in [0.2, 0.25) is 5.91 Å². The van der Waals surface area contributed by atoms with Crippen LogP contribution in [0.15, 0.2) is 54.6 Å². The number of hydrogen-bond acceptors (Lipinski definition) is 3. The summed E-state index contributed by atoms with van der Waals surface area (Å²) in [5.74, 6) is 0.681. The van der Waals surface area contributed by atoms with Gasteiger partial charge < -0.3 is 10.1 Å². The van der Waals surface area contributed by atoms with Crippen molar-refractivity contribution < 1.29 is 9.53 Å². The molecule has 0 aliphatic carbocycles. The van der Waals surface area contributed by atoms with Crippen molar-refractivity contribution in [2.24, 2.45) is 0 Å². The van der Waals surface area contributed by atoms with Crippen molar-refractivity contribution >= 4 is 5.91 Å². The molecule has 1 N–H and O–H groups in total. The smallest absolute Gasteiger partial charge is 0.223 e. The lowest BCUT2D eigenvalue weighted by Crippen LogP contribution is -2.24. The first kappa shape index (κ1) is 14.6. The summed E-state index contributed by atoms with van der Waals surface area (Å²) in [7, 11) is 0. The lowest BCUT2D eigenvalue weighted by atomic mass is 10.1. The number of nitriles is 1. The zero-order valence-corrected chi connectivity index (χ0v) is 11.6. The molecule has 0 radical (unpaired) electrons. The molecular formula is C17H16N2O2. The van der Waals surface area contributed by atoms with E-state index in [1.807, 2.05) is 36.4 Å². The van der Waals surface area contributed by atoms with Crippen molar-refractivity contribution in [2.75, 3.05) is 6.61 Å². The molecular weight excluding hydrogens is 264 g/mol. The van der Waals surface area contributed by atoms with Gasteiger partial charge in [0, 0.05) is 6.54 Å². The summed E-state index contributed by atoms with van der Waals surface area (Å²) in [6, 6.07) is 18.6. The monoisotopic (exact) mass is 280 g/mol. The van der Waals surface area contributed by atoms with Crippen LogP contribution in [0.3, 0.4) is 0 Å². The van der Waals surface area contributed by atoms with Gasteiger partial charge in [0.15, 0.2) is 0 Å². The van der Waals surface area contributed by atoms with Gasteiger partial charge in [-0.25, -0.2) is 0 Å². The van der Waals surface area contributed by atoms with Crippen molar-refractivity contribution in [3.63, 3.8) is 0 Å². The van der Waals surface area contributed by atoms with Crippen LogP contribution in [0.1, 0.15) is 17.5 Å². The van der Waals surface area contributed by atoms with Gasteiger partial charge in [-0.3, -0.25) is 4.79 Å². The number of para-hydroxylation sites is 1. The first-order valence-corrected chi connectivity index (χ1v) is 6.71. The highest BCUT2D eigenvalue weighted by Crippen LogP contribution is 2.08. The number of nitrogens with zero attached hydrogens (tertiary/aromatic N) is 1. The first-order valence-electron chi connectivity index (χ1n) is 6.71. The molecule has 2 aromatic carbocycles. The van der Waals surface area contributed by atoms with Crippen LogP contribution in [0, 0.1) is 11.3 Å². The lowest BCUT2D eigenvalue weighted by Gasteiger charge is -2.07. The van der Waals surface area contributed by atoms with Gasteiger partial charge in [-0.1, -0.05) is 30.3 Å². The summed E-state index contributed by atoms with van der Waals surface area (Å²) >= 11 is 0. The molecule has 0 aromatic heterocycles. The van der Waals surface area contributed by atoms with Gasteiger partial charge in [-0.05, 0) is 29.8 Å². The molecule has 2 rings (SSSR count). The third-order valence-corrected chi connectivity index (χ3v) is 2.89. The van der Waals surface area contributed by atoms with E-state index < -0.39 is 0 Å². The Morgan fingerprint density at radius 2 is 1.95 bits per heavy atom. The molecule has 21 heavy (non-hydrogen) atoms. The molecule has 1 amide bonds. The van der Waals surface area contributed by atoms with Crippen LogP contribution in [0.2, 0.25) is 0 Å². The standard InChI is InChI=1S/C17H16N2O2/c18-12-14-5-4-6-15(11-14)13-19-17(20)9-10-21-16-7-2-1-3-8-16/h1-8,11H,9-10,13H2,(H,19,20). The summed E-state index contributed by atoms with van der Waals surface area (Å²) in [6.45, 7) is 0.758. The van der Waals surface area contributed by atoms with Gasteiger partial charge in [0.05, 0.1) is 24.7 Å². The number of rotatable bonds is 6. The first-order chi connectivity index (χ1) is 10.3. The Bertz CT molecular complexity index is 633. The number of amides is 1. The minimum Gasteiger partial charge on any atom is -0.493 e. The fourth-order valence-corrected chi connectivity index (χ4v) is 1.82. The van der Waals surface area contributed by atoms with Crippen LogP contribution in [0.4, 0.5) is 0 Å². The fraction of sp³-hybridized carbons (Fsp3) is 0.176. The maximum atomic E-state index is 11.7. The van der Waals surface area contributed by atoms with Crippen molar-refractivity contribution in [2.45, 2.75) is 13.0 Å². The van der Waals surface area contributed by atoms with E-state index >= 15 is 0 Å². The Hall–Kier alpha value is -2.80. The van der Waals surface area contributed by atoms with Crippen LogP contribution < -0.4 is 10.1 Å². The van der Waals surface area contributed by atoms with E-state index in [9.17, 15) is 4.79 Å². The highest BCUT2D eigenvalue weighted by Gasteiger charge is 2.02. The van der Waals surface area contributed by atoms with E-state index in [0.717, 1.165) is 11.3 Å². The van der Waals surface area contributed by atoms with Gasteiger partial charge >= 0.3 is 0 Å². The molecule has 4 heteroatoms. The molecule has 0 atom stereocenters. The predicted molar refractivity (Wildman–Crippen MR) is 79.6 cm³/mol. The Morgan fingerprint density at radius 1 is 1.14 bits per heavy atom. The zero-order valence-electron chi connectivity index (χ0n) is 11.6. The molecule has 2 aromatic rings. The van der Waals surface area contributed by atoms with Gasteiger partial charge in [0.25, 0.3) is 0 Å². The summed E-state index contributed by atoms with van der Waals surface area (Å²) in [5, 5.41) is 11.6. The topological polar surface area (TPSA) is 62.1 Å². The SMILES string of the molecule is N#Cc1cccc(CNC(=O)CCOc2ccccc2)c1. The zero-order chi connectivity index (χ0) is 14.9. The second-order valence-electron chi connectivity index (χ2n) is 4.50. The quantitative estimate of drug-likeness (QED) is 0.884. The van der Waals surface area contributed by atoms with Crippen LogP contribution in [-0.2, 0) is 11.3 Å². The number of hydrogen-bond donors (Lipinski definition) is 1. The van der Waals surface area contributed by atoms with Crippen LogP contribution in [0.5, 0.6) is 5.75 Å². The maximum Gasteiger partial charge on any atom is 0.223 e. The number of benzene rings is 2. The third-order valence-electron chi connectivity index (χ3n) is 2.89. The van der Waals surface area contributed by atoms with Gasteiger partial charge in [-0.2, -0.15) is 5.26 Å². The van der Waals surface area contributed by atoms with Gasteiger partial charge in [-0.15, -0.1) is 0 Å². The summed E-state index contributed by atoms with van der Waals surface area (Å²) in [5.41, 5.74) is 1.50. The van der Waals surface area contributed by atoms with E-state index in [2.05, 4.69) is 11.4 Å². The molecule has 0 unspecified atom stereocenters. The minimum atomic E-state index is -0.0757. The Labute approximate surface area is 124 Å². The molecule has 0 heterocycles. The molecule has 0 aliphatic rings. The van der Waals surface area contributed by atoms with E-state index in [1.54, 1.807) is 18.2 Å². The molecule has 0 saturated heterocycles. The average Bonchev–Trinajstić information content (AvgIpc) is 2.54. The summed E-state index contributed by atoms with van der Waals surface area (Å²) < 4.78 is 5.46. The molecule has 106 valence electrons. The summed E-state index contributed by atoms with van der Waals surface area (Å²) in [4.78, 5) is 11.7. The summed E-state index contributed by atoms with van der Waals surface area (Å²) in [6.07, 6.45) is 0.298. The van der Waals surface area contributed by atoms with Gasteiger partial charge in [0.1, 0.15) is 5.75 Å². The number of carbonyl (C=O) groups is 1. The normalized spacial score (nSPS) is 9.67. The van der Waals surface area contributed by atoms with Crippen LogP contribution >= 0.6 is 0 Å². The molecule has 0 saturated carbocycles. The van der Waals surface area contributed by atoms with Crippen molar-refractivity contribution in [1.29, 1.82) is 5.26 Å². The molecule has 0 spiro atoms. The highest BCUT2D eigenvalue weighted by atomic mass is 16.5. The van der Waals surface area contributed by atoms with Crippen molar-refractivity contribution in [3.05, 3.63) is 65.7 Å². The Kier molecular flexibility index (Phi) is 5.36. The minimum absolute atomic E-state index is 0.0757. The average molecular weight is 280 g/mol. The fourth-order valence-electron chi connectivity index (χ4n) is 1.82. The van der Waals surface area contributed by atoms with Crippen molar-refractivity contribution in [3.8, 4) is 11.8 Å². The highest BCUT2D eigenvalue weighted by molar-refractivity contribution is 5.76. The lowest BCUT2D eigenvalue weighted by molar-refractivity contribution is -0.121. The number of ether oxygens (including phenoxy) is 1. The van der Waals surface area contributed by atoms with Crippen LogP contribution in [-0.4, -0.2) is 12.5 Å². The number of nitrogens with one attached hydrogen (secondary N) is 1. The molecule has 0 aliphatic heterocycles. The maximum absolute atomic E-state index is 11.7. The van der Waals surface area contributed by atoms with E-state index in [1.165, 1.54) is 0 Å². The largest absolute Gasteiger partial charge is 0.493 e. The van der Waals surface area contributed by atoms with E-state index in [-0.39, 0.29) is 5.91 Å². The van der Waals surface area contributed by atoms with E-state index in [0.29, 0.717) is 25.1 Å². The Balaban J connectivity index is 1.71. The number of carbonyl (C=O) groups excluding carboxylic acids is 1. The second-order valence-corrected chi connectivity index (χ2v) is 4.50. The Morgan fingerprint density at radius 3 is 2.71 bits per heavy atom. The molecule has 0 bridgehead atoms. The predicted octanol–water partition coefficient (Wildman–Crippen LogP) is 2.64.